The van der Waals surface area contributed by atoms with Gasteiger partial charge in [0.1, 0.15) is 10.3 Å². The average Bonchev–Trinajstić information content (AvgIpc) is 2.87. The Balaban J connectivity index is 1.69. The Morgan fingerprint density at radius 2 is 1.83 bits per heavy atom. The van der Waals surface area contributed by atoms with Crippen molar-refractivity contribution < 1.29 is 17.7 Å². The molecule has 2 N–H and O–H groups in total. The third kappa shape index (κ3) is 4.36. The van der Waals surface area contributed by atoms with Gasteiger partial charge < -0.3 is 10.5 Å². The fraction of sp³-hybridized carbons (Fsp3) is 0.346. The van der Waals surface area contributed by atoms with Gasteiger partial charge >= 0.3 is 0 Å². The molecule has 0 bridgehead atoms. The minimum absolute atomic E-state index is 0.0786. The lowest BCUT2D eigenvalue weighted by Gasteiger charge is -2.26. The number of benzene rings is 1. The smallest absolute Gasteiger partial charge is 0.278 e. The van der Waals surface area contributed by atoms with Gasteiger partial charge in [-0.05, 0) is 44.5 Å². The molecule has 1 saturated heterocycles. The van der Waals surface area contributed by atoms with E-state index >= 15 is 0 Å². The van der Waals surface area contributed by atoms with Crippen LogP contribution in [0.25, 0.3) is 16.7 Å². The highest BCUT2D eigenvalue weighted by molar-refractivity contribution is 7.91. The van der Waals surface area contributed by atoms with Crippen molar-refractivity contribution in [3.8, 4) is 0 Å². The number of aryl methyl sites for hydroxylation is 3. The number of nitrogens with zero attached hydrogens (tertiary/aromatic N) is 4. The zero-order valence-electron chi connectivity index (χ0n) is 20.5. The first-order valence-electron chi connectivity index (χ1n) is 12.0. The first-order valence-corrected chi connectivity index (χ1v) is 13.5. The second-order valence-corrected chi connectivity index (χ2v) is 11.1. The van der Waals surface area contributed by atoms with Crippen molar-refractivity contribution in [1.82, 2.24) is 14.3 Å². The molecule has 0 amide bonds. The monoisotopic (exact) mass is 508 g/mol. The maximum atomic E-state index is 13.7. The van der Waals surface area contributed by atoms with Crippen molar-refractivity contribution in [2.24, 2.45) is 0 Å². The molecule has 5 rings (SSSR count). The van der Waals surface area contributed by atoms with Gasteiger partial charge in [0, 0.05) is 31.4 Å². The van der Waals surface area contributed by atoms with Crippen LogP contribution in [0.15, 0.2) is 63.2 Å². The molecule has 4 aromatic rings. The van der Waals surface area contributed by atoms with E-state index in [4.69, 9.17) is 15.5 Å². The van der Waals surface area contributed by atoms with Crippen LogP contribution in [0.3, 0.4) is 0 Å². The number of anilines is 1. The summed E-state index contributed by atoms with van der Waals surface area (Å²) in [7, 11) is -3.97. The molecule has 0 atom stereocenters. The van der Waals surface area contributed by atoms with E-state index < -0.39 is 9.84 Å². The number of nitrogens with two attached hydrogens (primary N) is 1. The van der Waals surface area contributed by atoms with Crippen molar-refractivity contribution in [1.29, 1.82) is 0 Å². The number of morpholine rings is 1. The zero-order chi connectivity index (χ0) is 25.4. The summed E-state index contributed by atoms with van der Waals surface area (Å²) < 4.78 is 35.9. The van der Waals surface area contributed by atoms with Crippen LogP contribution < -0.4 is 15.9 Å². The molecule has 1 aromatic carbocycles. The largest absolute Gasteiger partial charge is 0.379 e. The van der Waals surface area contributed by atoms with Crippen LogP contribution in [0, 0.1) is 13.8 Å². The van der Waals surface area contributed by atoms with E-state index in [1.807, 2.05) is 19.9 Å². The Kier molecular flexibility index (Phi) is 6.50. The van der Waals surface area contributed by atoms with Gasteiger partial charge in [-0.1, -0.05) is 28.7 Å². The molecule has 0 radical (unpaired) electrons. The van der Waals surface area contributed by atoms with Crippen molar-refractivity contribution in [2.75, 3.05) is 38.6 Å². The summed E-state index contributed by atoms with van der Waals surface area (Å²) in [6.07, 6.45) is 2.36. The lowest BCUT2D eigenvalue weighted by Crippen LogP contribution is -2.44. The van der Waals surface area contributed by atoms with Gasteiger partial charge in [-0.15, -0.1) is 0 Å². The minimum atomic E-state index is -3.97. The first-order chi connectivity index (χ1) is 17.3. The summed E-state index contributed by atoms with van der Waals surface area (Å²) in [5.74, 6) is 0.0786. The Bertz CT molecular complexity index is 1610. The van der Waals surface area contributed by atoms with Crippen LogP contribution in [0.5, 0.6) is 0 Å². The highest BCUT2D eigenvalue weighted by Crippen LogP contribution is 2.27. The maximum Gasteiger partial charge on any atom is 0.278 e. The van der Waals surface area contributed by atoms with Crippen molar-refractivity contribution in [2.45, 2.75) is 36.6 Å². The van der Waals surface area contributed by atoms with Crippen molar-refractivity contribution in [3.63, 3.8) is 0 Å². The summed E-state index contributed by atoms with van der Waals surface area (Å²) in [6.45, 7) is 8.11. The summed E-state index contributed by atoms with van der Waals surface area (Å²) in [4.78, 5) is 20.7. The minimum Gasteiger partial charge on any atom is -0.379 e. The Morgan fingerprint density at radius 3 is 2.56 bits per heavy atom. The molecule has 10 heteroatoms. The van der Waals surface area contributed by atoms with E-state index in [1.165, 1.54) is 10.5 Å². The predicted octanol–water partition coefficient (Wildman–Crippen LogP) is 1.89. The van der Waals surface area contributed by atoms with Crippen LogP contribution in [0.4, 0.5) is 5.82 Å². The van der Waals surface area contributed by atoms with Gasteiger partial charge in [-0.25, -0.2) is 13.0 Å². The number of hydrogen-bond donors (Lipinski definition) is 1. The van der Waals surface area contributed by atoms with Gasteiger partial charge in [0.25, 0.3) is 11.2 Å². The van der Waals surface area contributed by atoms with Gasteiger partial charge in [0.2, 0.25) is 21.3 Å². The molecule has 188 valence electrons. The number of sulfone groups is 1. The molecule has 1 fully saturated rings. The second kappa shape index (κ2) is 9.61. The molecule has 0 unspecified atom stereocenters. The average molecular weight is 509 g/mol. The summed E-state index contributed by atoms with van der Waals surface area (Å²) >= 11 is 0. The van der Waals surface area contributed by atoms with Gasteiger partial charge in [-0.3, -0.25) is 14.1 Å². The number of pyridine rings is 2. The number of aromatic nitrogens is 3. The molecule has 36 heavy (non-hydrogen) atoms. The van der Waals surface area contributed by atoms with E-state index in [2.05, 4.69) is 4.90 Å². The molecule has 3 aromatic heterocycles. The van der Waals surface area contributed by atoms with E-state index in [9.17, 15) is 13.2 Å². The number of ether oxygens (including phenoxy) is 1. The Labute approximate surface area is 209 Å². The number of nitrogen functional groups attached to an aromatic ring is 1. The molecule has 0 aliphatic carbocycles. The quantitative estimate of drug-likeness (QED) is 0.313. The molecule has 0 saturated carbocycles. The van der Waals surface area contributed by atoms with Crippen LogP contribution >= 0.6 is 0 Å². The van der Waals surface area contributed by atoms with Crippen molar-refractivity contribution in [3.05, 3.63) is 70.1 Å². The standard InChI is InChI=1S/C26H29N5O4S/c1-18-6-8-20(9-7-18)36(33,34)22-17-21-25(28-24-19(2)5-3-11-31(24)26(21)32)30(23(22)27)12-4-10-29-13-15-35-16-14-29/h3,5-9,11,17,27H,4,10,12-16H2,1-2H3/p+1. The van der Waals surface area contributed by atoms with Crippen LogP contribution in [0.1, 0.15) is 17.5 Å². The fourth-order valence-corrected chi connectivity index (χ4v) is 6.05. The number of hydrogen-bond acceptors (Lipinski definition) is 7. The van der Waals surface area contributed by atoms with Gasteiger partial charge in [0.15, 0.2) is 0 Å². The third-order valence-corrected chi connectivity index (χ3v) is 8.52. The maximum absolute atomic E-state index is 13.7. The fourth-order valence-electron chi connectivity index (χ4n) is 4.65. The molecule has 1 aliphatic rings. The number of rotatable bonds is 6. The first kappa shape index (κ1) is 24.4. The predicted molar refractivity (Wildman–Crippen MR) is 137 cm³/mol. The highest BCUT2D eigenvalue weighted by atomic mass is 32.2. The topological polar surface area (TPSA) is 111 Å². The molecular weight excluding hydrogens is 478 g/mol. The van der Waals surface area contributed by atoms with Gasteiger partial charge in [-0.2, -0.15) is 0 Å². The molecule has 0 spiro atoms. The van der Waals surface area contributed by atoms with E-state index in [0.717, 1.165) is 30.8 Å². The molecule has 4 heterocycles. The van der Waals surface area contributed by atoms with E-state index in [-0.39, 0.29) is 26.6 Å². The highest BCUT2D eigenvalue weighted by Gasteiger charge is 2.29. The molecular formula is C26H30N5O4S+. The van der Waals surface area contributed by atoms with Crippen LogP contribution in [-0.2, 0) is 21.1 Å². The lowest BCUT2D eigenvalue weighted by molar-refractivity contribution is -0.660. The molecule has 9 nitrogen and oxygen atoms in total. The Morgan fingerprint density at radius 1 is 1.11 bits per heavy atom. The molecule has 1 aliphatic heterocycles. The number of fused-ring (bicyclic) bond motifs is 2. The third-order valence-electron chi connectivity index (χ3n) is 6.72. The van der Waals surface area contributed by atoms with Crippen molar-refractivity contribution >= 4 is 32.3 Å². The summed E-state index contributed by atoms with van der Waals surface area (Å²) in [5, 5.41) is 0.212. The normalized spacial score (nSPS) is 15.1. The van der Waals surface area contributed by atoms with E-state index in [1.54, 1.807) is 41.1 Å². The zero-order valence-corrected chi connectivity index (χ0v) is 21.3. The van der Waals surface area contributed by atoms with E-state index in [0.29, 0.717) is 37.5 Å². The van der Waals surface area contributed by atoms with Crippen LogP contribution in [0.2, 0.25) is 0 Å². The lowest BCUT2D eigenvalue weighted by atomic mass is 10.2. The van der Waals surface area contributed by atoms with Crippen LogP contribution in [-0.4, -0.2) is 55.6 Å². The second-order valence-electron chi connectivity index (χ2n) is 9.21. The SMILES string of the molecule is Cc1ccc(S(=O)(=O)c2cc3c(=O)n4cccc(C)c4nc3[n+](CCCN3CCOCC3)c2N)cc1. The summed E-state index contributed by atoms with van der Waals surface area (Å²) in [5.41, 5.74) is 8.91. The van der Waals surface area contributed by atoms with Gasteiger partial charge in [0.05, 0.1) is 24.7 Å². The summed E-state index contributed by atoms with van der Waals surface area (Å²) in [6, 6.07) is 11.6. The Hall–Kier alpha value is -3.34.